The van der Waals surface area contributed by atoms with E-state index in [9.17, 15) is 19.1 Å². The molecule has 9 heteroatoms. The van der Waals surface area contributed by atoms with Gasteiger partial charge in [-0.05, 0) is 43.2 Å². The number of ketones is 1. The van der Waals surface area contributed by atoms with Crippen LogP contribution in [0.3, 0.4) is 0 Å². The predicted molar refractivity (Wildman–Crippen MR) is 127 cm³/mol. The first kappa shape index (κ1) is 23.2. The minimum atomic E-state index is -0.899. The molecule has 1 atom stereocenters. The van der Waals surface area contributed by atoms with Gasteiger partial charge in [0.25, 0.3) is 11.7 Å². The molecule has 0 spiro atoms. The summed E-state index contributed by atoms with van der Waals surface area (Å²) in [6, 6.07) is 10.3. The average molecular weight is 479 g/mol. The molecule has 1 N–H and O–H groups in total. The molecular formula is C26H27FN4O4. The van der Waals surface area contributed by atoms with Gasteiger partial charge < -0.3 is 14.7 Å². The standard InChI is InChI=1S/C26H27FN4O4/c1-17-22(30-10-3-2-8-20(30)28-17)24(32)21-23(18-6-4-7-19(27)16-18)31(26(34)25(21)33)11-5-9-29-12-14-35-15-13-29/h2-4,6-8,10,16,23,32H,5,9,11-15H2,1H3/t23-/m1/s1. The minimum Gasteiger partial charge on any atom is -0.505 e. The Kier molecular flexibility index (Phi) is 6.36. The molecule has 0 unspecified atom stereocenters. The molecule has 4 heterocycles. The van der Waals surface area contributed by atoms with Crippen LogP contribution in [-0.2, 0) is 14.3 Å². The number of ether oxygens (including phenoxy) is 1. The van der Waals surface area contributed by atoms with E-state index in [0.717, 1.165) is 19.6 Å². The van der Waals surface area contributed by atoms with Crippen molar-refractivity contribution in [1.82, 2.24) is 19.2 Å². The number of Topliss-reactive ketones (excluding diaryl/α,β-unsaturated/α-hetero) is 1. The van der Waals surface area contributed by atoms with E-state index in [1.54, 1.807) is 35.7 Å². The van der Waals surface area contributed by atoms with E-state index >= 15 is 0 Å². The second kappa shape index (κ2) is 9.59. The fourth-order valence-electron chi connectivity index (χ4n) is 4.95. The molecule has 0 radical (unpaired) electrons. The maximum Gasteiger partial charge on any atom is 0.295 e. The second-order valence-electron chi connectivity index (χ2n) is 8.83. The average Bonchev–Trinajstić information content (AvgIpc) is 3.32. The third-order valence-corrected chi connectivity index (χ3v) is 6.61. The molecule has 1 aromatic carbocycles. The molecule has 8 nitrogen and oxygen atoms in total. The van der Waals surface area contributed by atoms with Crippen molar-refractivity contribution >= 4 is 23.1 Å². The fourth-order valence-corrected chi connectivity index (χ4v) is 4.95. The summed E-state index contributed by atoms with van der Waals surface area (Å²) in [5.41, 5.74) is 1.84. The molecule has 3 aromatic rings. The third kappa shape index (κ3) is 4.33. The lowest BCUT2D eigenvalue weighted by molar-refractivity contribution is -0.140. The van der Waals surface area contributed by atoms with Gasteiger partial charge in [-0.25, -0.2) is 9.37 Å². The number of morpholine rings is 1. The second-order valence-corrected chi connectivity index (χ2v) is 8.83. The summed E-state index contributed by atoms with van der Waals surface area (Å²) in [5.74, 6) is -2.28. The normalized spacial score (nSPS) is 20.7. The van der Waals surface area contributed by atoms with Crippen molar-refractivity contribution < 1.29 is 23.8 Å². The molecule has 35 heavy (non-hydrogen) atoms. The summed E-state index contributed by atoms with van der Waals surface area (Å²) < 4.78 is 21.3. The van der Waals surface area contributed by atoms with Crippen LogP contribution in [0.15, 0.2) is 54.2 Å². The first-order chi connectivity index (χ1) is 17.0. The van der Waals surface area contributed by atoms with Crippen molar-refractivity contribution in [3.63, 3.8) is 0 Å². The zero-order chi connectivity index (χ0) is 24.5. The Morgan fingerprint density at radius 3 is 2.71 bits per heavy atom. The number of nitrogens with zero attached hydrogens (tertiary/aromatic N) is 4. The van der Waals surface area contributed by atoms with E-state index in [4.69, 9.17) is 4.74 Å². The molecule has 182 valence electrons. The van der Waals surface area contributed by atoms with E-state index in [-0.39, 0.29) is 11.3 Å². The molecule has 2 saturated heterocycles. The van der Waals surface area contributed by atoms with Gasteiger partial charge in [-0.3, -0.25) is 18.9 Å². The lowest BCUT2D eigenvalue weighted by Gasteiger charge is -2.29. The summed E-state index contributed by atoms with van der Waals surface area (Å²) in [6.07, 6.45) is 2.37. The topological polar surface area (TPSA) is 87.4 Å². The lowest BCUT2D eigenvalue weighted by atomic mass is 9.96. The summed E-state index contributed by atoms with van der Waals surface area (Å²) in [5, 5.41) is 11.4. The van der Waals surface area contributed by atoms with Crippen LogP contribution in [0.5, 0.6) is 0 Å². The van der Waals surface area contributed by atoms with Gasteiger partial charge in [-0.2, -0.15) is 0 Å². The summed E-state index contributed by atoms with van der Waals surface area (Å²) in [6.45, 7) is 5.76. The van der Waals surface area contributed by atoms with Crippen LogP contribution in [0.2, 0.25) is 0 Å². The van der Waals surface area contributed by atoms with E-state index in [1.165, 1.54) is 23.1 Å². The van der Waals surface area contributed by atoms with Crippen LogP contribution in [0.4, 0.5) is 4.39 Å². The molecule has 2 fully saturated rings. The number of aliphatic hydroxyl groups excluding tert-OH is 1. The molecule has 0 bridgehead atoms. The highest BCUT2D eigenvalue weighted by atomic mass is 19.1. The number of benzene rings is 1. The Morgan fingerprint density at radius 2 is 1.94 bits per heavy atom. The Labute approximate surface area is 202 Å². The number of halogens is 1. The smallest absolute Gasteiger partial charge is 0.295 e. The number of rotatable bonds is 6. The van der Waals surface area contributed by atoms with Crippen molar-refractivity contribution in [2.24, 2.45) is 0 Å². The largest absolute Gasteiger partial charge is 0.505 e. The number of likely N-dealkylation sites (tertiary alicyclic amines) is 1. The van der Waals surface area contributed by atoms with Gasteiger partial charge in [-0.15, -0.1) is 0 Å². The number of hydrogen-bond donors (Lipinski definition) is 1. The highest BCUT2D eigenvalue weighted by Gasteiger charge is 2.46. The van der Waals surface area contributed by atoms with Crippen molar-refractivity contribution in [1.29, 1.82) is 0 Å². The lowest BCUT2D eigenvalue weighted by Crippen LogP contribution is -2.39. The SMILES string of the molecule is Cc1nc2ccccn2c1C(O)=C1C(=O)C(=O)N(CCCN2CCOCC2)[C@@H]1c1cccc(F)c1. The van der Waals surface area contributed by atoms with Gasteiger partial charge in [0.15, 0.2) is 5.76 Å². The molecule has 0 aliphatic carbocycles. The molecule has 2 aliphatic heterocycles. The quantitative estimate of drug-likeness (QED) is 0.333. The van der Waals surface area contributed by atoms with Crippen LogP contribution in [0, 0.1) is 12.7 Å². The van der Waals surface area contributed by atoms with Gasteiger partial charge in [0.05, 0.1) is 30.5 Å². The first-order valence-corrected chi connectivity index (χ1v) is 11.7. The van der Waals surface area contributed by atoms with E-state index in [1.807, 2.05) is 6.07 Å². The van der Waals surface area contributed by atoms with Crippen molar-refractivity contribution in [2.45, 2.75) is 19.4 Å². The maximum atomic E-state index is 14.2. The van der Waals surface area contributed by atoms with Crippen LogP contribution in [0.25, 0.3) is 11.4 Å². The predicted octanol–water partition coefficient (Wildman–Crippen LogP) is 2.93. The number of aliphatic hydroxyl groups is 1. The van der Waals surface area contributed by atoms with Crippen molar-refractivity contribution in [3.8, 4) is 0 Å². The van der Waals surface area contributed by atoms with Gasteiger partial charge in [0.2, 0.25) is 0 Å². The Morgan fingerprint density at radius 1 is 1.14 bits per heavy atom. The van der Waals surface area contributed by atoms with Gasteiger partial charge in [0, 0.05) is 32.4 Å². The molecule has 1 amide bonds. The Balaban J connectivity index is 1.55. The van der Waals surface area contributed by atoms with Crippen LogP contribution in [-0.4, -0.2) is 75.4 Å². The summed E-state index contributed by atoms with van der Waals surface area (Å²) in [7, 11) is 0. The molecule has 0 saturated carbocycles. The monoisotopic (exact) mass is 478 g/mol. The number of carbonyl (C=O) groups is 2. The van der Waals surface area contributed by atoms with Crippen LogP contribution >= 0.6 is 0 Å². The summed E-state index contributed by atoms with van der Waals surface area (Å²) >= 11 is 0. The van der Waals surface area contributed by atoms with Crippen LogP contribution in [0.1, 0.15) is 29.4 Å². The molecule has 2 aromatic heterocycles. The van der Waals surface area contributed by atoms with Crippen molar-refractivity contribution in [3.05, 3.63) is 77.0 Å². The first-order valence-electron chi connectivity index (χ1n) is 11.7. The van der Waals surface area contributed by atoms with E-state index < -0.39 is 23.5 Å². The Hall–Kier alpha value is -3.56. The minimum absolute atomic E-state index is 0.0549. The van der Waals surface area contributed by atoms with E-state index in [0.29, 0.717) is 48.8 Å². The number of pyridine rings is 1. The van der Waals surface area contributed by atoms with Gasteiger partial charge >= 0.3 is 0 Å². The zero-order valence-corrected chi connectivity index (χ0v) is 19.5. The van der Waals surface area contributed by atoms with Crippen molar-refractivity contribution in [2.75, 3.05) is 39.4 Å². The number of amides is 1. The molecule has 5 rings (SSSR count). The number of aromatic nitrogens is 2. The summed E-state index contributed by atoms with van der Waals surface area (Å²) in [4.78, 5) is 34.6. The molecular weight excluding hydrogens is 451 g/mol. The third-order valence-electron chi connectivity index (χ3n) is 6.61. The Bertz CT molecular complexity index is 1310. The van der Waals surface area contributed by atoms with Crippen LogP contribution < -0.4 is 0 Å². The highest BCUT2D eigenvalue weighted by Crippen LogP contribution is 2.40. The van der Waals surface area contributed by atoms with E-state index in [2.05, 4.69) is 9.88 Å². The number of hydrogen-bond acceptors (Lipinski definition) is 6. The highest BCUT2D eigenvalue weighted by molar-refractivity contribution is 6.46. The number of carbonyl (C=O) groups excluding carboxylic acids is 2. The molecule has 2 aliphatic rings. The number of imidazole rings is 1. The zero-order valence-electron chi connectivity index (χ0n) is 19.5. The number of fused-ring (bicyclic) bond motifs is 1. The maximum absolute atomic E-state index is 14.2. The fraction of sp³-hybridized carbons (Fsp3) is 0.346. The number of aryl methyl sites for hydroxylation is 1. The van der Waals surface area contributed by atoms with Gasteiger partial charge in [-0.1, -0.05) is 18.2 Å². The van der Waals surface area contributed by atoms with Gasteiger partial charge in [0.1, 0.15) is 17.2 Å².